The van der Waals surface area contributed by atoms with Crippen LogP contribution >= 0.6 is 22.9 Å². The van der Waals surface area contributed by atoms with Crippen LogP contribution in [0.4, 0.5) is 4.79 Å². The second-order valence-electron chi connectivity index (χ2n) is 4.03. The van der Waals surface area contributed by atoms with E-state index in [2.05, 4.69) is 10.6 Å². The van der Waals surface area contributed by atoms with E-state index >= 15 is 0 Å². The molecule has 1 aromatic heterocycles. The van der Waals surface area contributed by atoms with Gasteiger partial charge < -0.3 is 10.6 Å². The molecule has 0 aliphatic rings. The third-order valence-corrected chi connectivity index (χ3v) is 3.89. The van der Waals surface area contributed by atoms with Crippen molar-refractivity contribution in [3.8, 4) is 0 Å². The summed E-state index contributed by atoms with van der Waals surface area (Å²) in [6.07, 6.45) is 0.728. The summed E-state index contributed by atoms with van der Waals surface area (Å²) in [6.45, 7) is 1.13. The van der Waals surface area contributed by atoms with Gasteiger partial charge in [0.05, 0.1) is 6.54 Å². The minimum atomic E-state index is -0.152. The molecule has 2 aromatic rings. The lowest BCUT2D eigenvalue weighted by Crippen LogP contribution is -2.36. The Morgan fingerprint density at radius 2 is 2.00 bits per heavy atom. The first-order valence-corrected chi connectivity index (χ1v) is 7.29. The maximum Gasteiger partial charge on any atom is 0.315 e. The molecule has 0 aliphatic heterocycles. The van der Waals surface area contributed by atoms with Crippen molar-refractivity contribution >= 4 is 29.0 Å². The fraction of sp³-hybridized carbons (Fsp3) is 0.214. The molecule has 0 bridgehead atoms. The van der Waals surface area contributed by atoms with Crippen LogP contribution in [0.3, 0.4) is 0 Å². The average molecular weight is 295 g/mol. The minimum absolute atomic E-state index is 0.152. The third-order valence-electron chi connectivity index (χ3n) is 2.64. The Morgan fingerprint density at radius 1 is 1.16 bits per heavy atom. The van der Waals surface area contributed by atoms with E-state index in [1.165, 1.54) is 0 Å². The van der Waals surface area contributed by atoms with Gasteiger partial charge >= 0.3 is 6.03 Å². The smallest absolute Gasteiger partial charge is 0.315 e. The molecule has 3 nitrogen and oxygen atoms in total. The van der Waals surface area contributed by atoms with Crippen molar-refractivity contribution in [2.75, 3.05) is 6.54 Å². The topological polar surface area (TPSA) is 41.1 Å². The fourth-order valence-electron chi connectivity index (χ4n) is 1.65. The summed E-state index contributed by atoms with van der Waals surface area (Å²) in [4.78, 5) is 12.7. The molecule has 2 rings (SSSR count). The van der Waals surface area contributed by atoms with Gasteiger partial charge in [-0.25, -0.2) is 4.79 Å². The second kappa shape index (κ2) is 7.16. The first-order chi connectivity index (χ1) is 9.25. The zero-order valence-corrected chi connectivity index (χ0v) is 11.9. The van der Waals surface area contributed by atoms with Crippen molar-refractivity contribution in [3.05, 3.63) is 57.2 Å². The van der Waals surface area contributed by atoms with Crippen molar-refractivity contribution in [2.24, 2.45) is 0 Å². The number of hydrogen-bond acceptors (Lipinski definition) is 2. The fourth-order valence-corrected chi connectivity index (χ4v) is 2.53. The molecule has 5 heteroatoms. The van der Waals surface area contributed by atoms with Gasteiger partial charge in [-0.05, 0) is 29.5 Å². The van der Waals surface area contributed by atoms with E-state index in [0.29, 0.717) is 13.1 Å². The van der Waals surface area contributed by atoms with E-state index in [-0.39, 0.29) is 6.03 Å². The number of amides is 2. The molecule has 0 spiro atoms. The summed E-state index contributed by atoms with van der Waals surface area (Å²) >= 11 is 7.67. The highest BCUT2D eigenvalue weighted by atomic mass is 35.5. The number of carbonyl (C=O) groups is 1. The van der Waals surface area contributed by atoms with E-state index in [0.717, 1.165) is 21.9 Å². The van der Waals surface area contributed by atoms with Crippen molar-refractivity contribution in [2.45, 2.75) is 13.0 Å². The van der Waals surface area contributed by atoms with E-state index < -0.39 is 0 Å². The molecule has 2 amide bonds. The van der Waals surface area contributed by atoms with Gasteiger partial charge in [-0.2, -0.15) is 0 Å². The number of urea groups is 1. The lowest BCUT2D eigenvalue weighted by Gasteiger charge is -2.07. The van der Waals surface area contributed by atoms with E-state index in [9.17, 15) is 4.79 Å². The predicted octanol–water partition coefficient (Wildman–Crippen LogP) is 3.44. The van der Waals surface area contributed by atoms with Crippen LogP contribution in [-0.4, -0.2) is 12.6 Å². The van der Waals surface area contributed by atoms with Crippen LogP contribution in [0.15, 0.2) is 41.8 Å². The maximum atomic E-state index is 11.6. The standard InChI is InChI=1S/C14H15ClN2OS/c15-13-6-2-1-4-11(13)7-8-16-14(18)17-10-12-5-3-9-19-12/h1-6,9H,7-8,10H2,(H2,16,17,18). The quantitative estimate of drug-likeness (QED) is 0.871. The molecule has 0 saturated carbocycles. The van der Waals surface area contributed by atoms with Gasteiger partial charge in [-0.3, -0.25) is 0 Å². The monoisotopic (exact) mass is 294 g/mol. The molecule has 1 aromatic carbocycles. The summed E-state index contributed by atoms with van der Waals surface area (Å²) in [5, 5.41) is 8.36. The molecule has 100 valence electrons. The molecule has 0 radical (unpaired) electrons. The zero-order valence-electron chi connectivity index (χ0n) is 10.4. The molecular formula is C14H15ClN2OS. The van der Waals surface area contributed by atoms with Gasteiger partial charge in [0.2, 0.25) is 0 Å². The second-order valence-corrected chi connectivity index (χ2v) is 5.47. The number of benzene rings is 1. The number of halogens is 1. The van der Waals surface area contributed by atoms with Gasteiger partial charge in [0.1, 0.15) is 0 Å². The van der Waals surface area contributed by atoms with Crippen molar-refractivity contribution in [1.29, 1.82) is 0 Å². The van der Waals surface area contributed by atoms with Crippen molar-refractivity contribution in [3.63, 3.8) is 0 Å². The lowest BCUT2D eigenvalue weighted by molar-refractivity contribution is 0.240. The highest BCUT2D eigenvalue weighted by molar-refractivity contribution is 7.09. The van der Waals surface area contributed by atoms with E-state index in [1.807, 2.05) is 41.8 Å². The Bertz CT molecular complexity index is 528. The van der Waals surface area contributed by atoms with Crippen LogP contribution in [0, 0.1) is 0 Å². The molecule has 0 atom stereocenters. The first kappa shape index (κ1) is 13.9. The zero-order chi connectivity index (χ0) is 13.5. The van der Waals surface area contributed by atoms with Crippen molar-refractivity contribution < 1.29 is 4.79 Å². The van der Waals surface area contributed by atoms with Gasteiger partial charge in [-0.1, -0.05) is 35.9 Å². The molecule has 0 fully saturated rings. The molecule has 0 unspecified atom stereocenters. The highest BCUT2D eigenvalue weighted by Gasteiger charge is 2.02. The molecule has 0 saturated heterocycles. The van der Waals surface area contributed by atoms with Crippen LogP contribution in [-0.2, 0) is 13.0 Å². The molecule has 1 heterocycles. The summed E-state index contributed by atoms with van der Waals surface area (Å²) in [5.41, 5.74) is 1.04. The van der Waals surface area contributed by atoms with Crippen LogP contribution in [0.25, 0.3) is 0 Å². The number of nitrogens with one attached hydrogen (secondary N) is 2. The van der Waals surface area contributed by atoms with Crippen molar-refractivity contribution in [1.82, 2.24) is 10.6 Å². The van der Waals surface area contributed by atoms with Crippen LogP contribution < -0.4 is 10.6 Å². The number of hydrogen-bond donors (Lipinski definition) is 2. The first-order valence-electron chi connectivity index (χ1n) is 6.03. The van der Waals surface area contributed by atoms with Gasteiger partial charge in [-0.15, -0.1) is 11.3 Å². The summed E-state index contributed by atoms with van der Waals surface area (Å²) < 4.78 is 0. The van der Waals surface area contributed by atoms with Crippen LogP contribution in [0.2, 0.25) is 5.02 Å². The lowest BCUT2D eigenvalue weighted by atomic mass is 10.1. The number of rotatable bonds is 5. The Kier molecular flexibility index (Phi) is 5.24. The molecular weight excluding hydrogens is 280 g/mol. The number of carbonyl (C=O) groups excluding carboxylic acids is 1. The Hall–Kier alpha value is -1.52. The Morgan fingerprint density at radius 3 is 2.74 bits per heavy atom. The third kappa shape index (κ3) is 4.58. The Labute approximate surface area is 121 Å². The summed E-state index contributed by atoms with van der Waals surface area (Å²) in [6, 6.07) is 11.5. The minimum Gasteiger partial charge on any atom is -0.338 e. The molecule has 2 N–H and O–H groups in total. The van der Waals surface area contributed by atoms with Gasteiger partial charge in [0, 0.05) is 16.4 Å². The highest BCUT2D eigenvalue weighted by Crippen LogP contribution is 2.14. The molecule has 19 heavy (non-hydrogen) atoms. The summed E-state index contributed by atoms with van der Waals surface area (Å²) in [5.74, 6) is 0. The summed E-state index contributed by atoms with van der Waals surface area (Å²) in [7, 11) is 0. The van der Waals surface area contributed by atoms with Crippen LogP contribution in [0.1, 0.15) is 10.4 Å². The van der Waals surface area contributed by atoms with Gasteiger partial charge in [0.15, 0.2) is 0 Å². The normalized spacial score (nSPS) is 10.2. The predicted molar refractivity (Wildman–Crippen MR) is 79.7 cm³/mol. The van der Waals surface area contributed by atoms with E-state index in [4.69, 9.17) is 11.6 Å². The maximum absolute atomic E-state index is 11.6. The molecule has 0 aliphatic carbocycles. The van der Waals surface area contributed by atoms with Crippen LogP contribution in [0.5, 0.6) is 0 Å². The average Bonchev–Trinajstić information content (AvgIpc) is 2.92. The SMILES string of the molecule is O=C(NCCc1ccccc1Cl)NCc1cccs1. The van der Waals surface area contributed by atoms with E-state index in [1.54, 1.807) is 11.3 Å². The largest absolute Gasteiger partial charge is 0.338 e. The van der Waals surface area contributed by atoms with Gasteiger partial charge in [0.25, 0.3) is 0 Å². The number of thiophene rings is 1. The Balaban J connectivity index is 1.68.